The van der Waals surface area contributed by atoms with Gasteiger partial charge in [0.2, 0.25) is 5.13 Å². The van der Waals surface area contributed by atoms with E-state index in [0.717, 1.165) is 23.4 Å². The Hall–Kier alpha value is -2.35. The number of carbonyl (C=O) groups excluding carboxylic acids is 1. The number of benzene rings is 1. The molecule has 3 rings (SSSR count). The highest BCUT2D eigenvalue weighted by Gasteiger charge is 2.27. The van der Waals surface area contributed by atoms with Crippen LogP contribution in [0.25, 0.3) is 0 Å². The zero-order valence-electron chi connectivity index (χ0n) is 13.8. The third kappa shape index (κ3) is 3.76. The van der Waals surface area contributed by atoms with Crippen molar-refractivity contribution < 1.29 is 14.3 Å². The number of methoxy groups -OCH3 is 2. The number of hydrogen-bond acceptors (Lipinski definition) is 6. The number of aromatic nitrogens is 2. The Morgan fingerprint density at radius 2 is 2.00 bits per heavy atom. The van der Waals surface area contributed by atoms with Gasteiger partial charge in [-0.3, -0.25) is 5.32 Å². The average molecular weight is 348 g/mol. The summed E-state index contributed by atoms with van der Waals surface area (Å²) in [4.78, 5) is 12.1. The summed E-state index contributed by atoms with van der Waals surface area (Å²) in [7, 11) is 3.17. The Labute approximate surface area is 144 Å². The molecule has 1 aliphatic carbocycles. The lowest BCUT2D eigenvalue weighted by molar-refractivity contribution is 0.249. The van der Waals surface area contributed by atoms with E-state index in [1.54, 1.807) is 14.2 Å². The van der Waals surface area contributed by atoms with Gasteiger partial charge in [-0.15, -0.1) is 10.2 Å². The number of amides is 2. The Morgan fingerprint density at radius 1 is 1.25 bits per heavy atom. The second-order valence-corrected chi connectivity index (χ2v) is 6.66. The van der Waals surface area contributed by atoms with Crippen LogP contribution in [-0.2, 0) is 0 Å². The Bertz CT molecular complexity index is 730. The molecular formula is C16H20N4O3S. The van der Waals surface area contributed by atoms with Crippen molar-refractivity contribution in [2.75, 3.05) is 19.5 Å². The van der Waals surface area contributed by atoms with E-state index in [2.05, 4.69) is 20.8 Å². The molecule has 7 nitrogen and oxygen atoms in total. The second-order valence-electron chi connectivity index (χ2n) is 5.65. The normalized spacial score (nSPS) is 14.8. The first-order chi connectivity index (χ1) is 11.6. The molecule has 128 valence electrons. The standard InChI is InChI=1S/C16H20N4O3S/c1-9(11-6-7-12(22-2)13(8-11)23-3)17-15(21)18-16-20-19-14(24-16)10-4-5-10/h6-10H,4-5H2,1-3H3,(H2,17,18,20,21)/t9-/m0/s1. The van der Waals surface area contributed by atoms with Crippen LogP contribution < -0.4 is 20.1 Å². The molecule has 1 aliphatic rings. The number of anilines is 1. The molecule has 0 aliphatic heterocycles. The highest BCUT2D eigenvalue weighted by Crippen LogP contribution is 2.42. The summed E-state index contributed by atoms with van der Waals surface area (Å²) in [5.41, 5.74) is 0.915. The van der Waals surface area contributed by atoms with E-state index in [4.69, 9.17) is 9.47 Å². The van der Waals surface area contributed by atoms with Crippen LogP contribution in [0, 0.1) is 0 Å². The van der Waals surface area contributed by atoms with Crippen molar-refractivity contribution >= 4 is 22.5 Å². The number of nitrogens with one attached hydrogen (secondary N) is 2. The Morgan fingerprint density at radius 3 is 2.67 bits per heavy atom. The zero-order chi connectivity index (χ0) is 17.1. The smallest absolute Gasteiger partial charge is 0.321 e. The van der Waals surface area contributed by atoms with Crippen molar-refractivity contribution in [3.05, 3.63) is 28.8 Å². The van der Waals surface area contributed by atoms with Gasteiger partial charge in [-0.05, 0) is 37.5 Å². The quantitative estimate of drug-likeness (QED) is 0.836. The predicted molar refractivity (Wildman–Crippen MR) is 92.0 cm³/mol. The molecule has 1 heterocycles. The summed E-state index contributed by atoms with van der Waals surface area (Å²) in [5.74, 6) is 1.81. The summed E-state index contributed by atoms with van der Waals surface area (Å²) in [5, 5.41) is 15.2. The molecule has 1 aromatic heterocycles. The molecule has 0 unspecified atom stereocenters. The molecule has 1 fully saturated rings. The Kier molecular flexibility index (Phi) is 4.84. The van der Waals surface area contributed by atoms with Gasteiger partial charge in [-0.25, -0.2) is 4.79 Å². The fourth-order valence-electron chi connectivity index (χ4n) is 2.32. The number of ether oxygens (including phenoxy) is 2. The monoisotopic (exact) mass is 348 g/mol. The minimum Gasteiger partial charge on any atom is -0.493 e. The zero-order valence-corrected chi connectivity index (χ0v) is 14.6. The van der Waals surface area contributed by atoms with Gasteiger partial charge in [0.25, 0.3) is 0 Å². The lowest BCUT2D eigenvalue weighted by Gasteiger charge is -2.16. The molecule has 2 amide bonds. The van der Waals surface area contributed by atoms with Gasteiger partial charge in [0.05, 0.1) is 20.3 Å². The van der Waals surface area contributed by atoms with Crippen LogP contribution in [0.5, 0.6) is 11.5 Å². The van der Waals surface area contributed by atoms with Gasteiger partial charge in [-0.2, -0.15) is 0 Å². The summed E-state index contributed by atoms with van der Waals surface area (Å²) >= 11 is 1.44. The van der Waals surface area contributed by atoms with Crippen molar-refractivity contribution in [1.29, 1.82) is 0 Å². The van der Waals surface area contributed by atoms with Crippen molar-refractivity contribution in [2.45, 2.75) is 31.7 Å². The summed E-state index contributed by atoms with van der Waals surface area (Å²) < 4.78 is 10.5. The largest absolute Gasteiger partial charge is 0.493 e. The SMILES string of the molecule is COc1ccc([C@H](C)NC(=O)Nc2nnc(C3CC3)s2)cc1OC. The molecule has 24 heavy (non-hydrogen) atoms. The van der Waals surface area contributed by atoms with E-state index in [1.165, 1.54) is 11.3 Å². The van der Waals surface area contributed by atoms with E-state index >= 15 is 0 Å². The molecule has 0 bridgehead atoms. The van der Waals surface area contributed by atoms with Crippen LogP contribution in [0.3, 0.4) is 0 Å². The third-order valence-electron chi connectivity index (χ3n) is 3.84. The van der Waals surface area contributed by atoms with Crippen LogP contribution in [0.4, 0.5) is 9.93 Å². The molecule has 0 saturated heterocycles. The maximum atomic E-state index is 12.1. The van der Waals surface area contributed by atoms with Crippen LogP contribution in [0.1, 0.15) is 42.3 Å². The second kappa shape index (κ2) is 7.04. The van der Waals surface area contributed by atoms with Crippen molar-refractivity contribution in [3.63, 3.8) is 0 Å². The highest BCUT2D eigenvalue weighted by molar-refractivity contribution is 7.15. The van der Waals surface area contributed by atoms with E-state index in [0.29, 0.717) is 22.5 Å². The van der Waals surface area contributed by atoms with Crippen LogP contribution in [0.15, 0.2) is 18.2 Å². The molecule has 0 spiro atoms. The lowest BCUT2D eigenvalue weighted by atomic mass is 10.1. The van der Waals surface area contributed by atoms with Gasteiger partial charge < -0.3 is 14.8 Å². The number of carbonyl (C=O) groups is 1. The minimum absolute atomic E-state index is 0.194. The number of hydrogen-bond donors (Lipinski definition) is 2. The number of rotatable bonds is 6. The van der Waals surface area contributed by atoms with Crippen LogP contribution >= 0.6 is 11.3 Å². The maximum absolute atomic E-state index is 12.1. The minimum atomic E-state index is -0.309. The molecule has 2 N–H and O–H groups in total. The average Bonchev–Trinajstić information content (AvgIpc) is 3.34. The van der Waals surface area contributed by atoms with Crippen LogP contribution in [-0.4, -0.2) is 30.4 Å². The Balaban J connectivity index is 1.60. The van der Waals surface area contributed by atoms with Crippen molar-refractivity contribution in [1.82, 2.24) is 15.5 Å². The number of nitrogens with zero attached hydrogens (tertiary/aromatic N) is 2. The maximum Gasteiger partial charge on any atom is 0.321 e. The van der Waals surface area contributed by atoms with Crippen molar-refractivity contribution in [3.8, 4) is 11.5 Å². The van der Waals surface area contributed by atoms with Gasteiger partial charge >= 0.3 is 6.03 Å². The molecule has 8 heteroatoms. The van der Waals surface area contributed by atoms with E-state index < -0.39 is 0 Å². The van der Waals surface area contributed by atoms with Gasteiger partial charge in [0.15, 0.2) is 11.5 Å². The molecule has 2 aromatic rings. The fourth-order valence-corrected chi connectivity index (χ4v) is 3.22. The molecule has 1 saturated carbocycles. The molecule has 0 radical (unpaired) electrons. The third-order valence-corrected chi connectivity index (χ3v) is 4.84. The van der Waals surface area contributed by atoms with Gasteiger partial charge in [-0.1, -0.05) is 17.4 Å². The van der Waals surface area contributed by atoms with E-state index in [1.807, 2.05) is 25.1 Å². The van der Waals surface area contributed by atoms with Gasteiger partial charge in [0, 0.05) is 5.92 Å². The predicted octanol–water partition coefficient (Wildman–Crippen LogP) is 3.32. The molecular weight excluding hydrogens is 328 g/mol. The van der Waals surface area contributed by atoms with Gasteiger partial charge in [0.1, 0.15) is 5.01 Å². The van der Waals surface area contributed by atoms with E-state index in [-0.39, 0.29) is 12.1 Å². The molecule has 1 atom stereocenters. The first-order valence-electron chi connectivity index (χ1n) is 7.73. The van der Waals surface area contributed by atoms with Crippen molar-refractivity contribution in [2.24, 2.45) is 0 Å². The fraction of sp³-hybridized carbons (Fsp3) is 0.438. The lowest BCUT2D eigenvalue weighted by Crippen LogP contribution is -2.31. The summed E-state index contributed by atoms with van der Waals surface area (Å²) in [6.07, 6.45) is 2.33. The first-order valence-corrected chi connectivity index (χ1v) is 8.55. The highest BCUT2D eigenvalue weighted by atomic mass is 32.1. The molecule has 1 aromatic carbocycles. The topological polar surface area (TPSA) is 85.4 Å². The first kappa shape index (κ1) is 16.5. The van der Waals surface area contributed by atoms with Crippen LogP contribution in [0.2, 0.25) is 0 Å². The van der Waals surface area contributed by atoms with E-state index in [9.17, 15) is 4.79 Å². The summed E-state index contributed by atoms with van der Waals surface area (Å²) in [6, 6.07) is 5.05. The summed E-state index contributed by atoms with van der Waals surface area (Å²) in [6.45, 7) is 1.90. The number of urea groups is 1.